The summed E-state index contributed by atoms with van der Waals surface area (Å²) in [7, 11) is 1.10. The lowest BCUT2D eigenvalue weighted by molar-refractivity contribution is -0.150. The van der Waals surface area contributed by atoms with E-state index in [1.807, 2.05) is 0 Å². The van der Waals surface area contributed by atoms with Crippen LogP contribution < -0.4 is 10.1 Å². The second kappa shape index (κ2) is 9.30. The van der Waals surface area contributed by atoms with E-state index in [1.165, 1.54) is 0 Å². The molecule has 0 saturated carbocycles. The van der Waals surface area contributed by atoms with Gasteiger partial charge in [0.15, 0.2) is 0 Å². The van der Waals surface area contributed by atoms with Gasteiger partial charge < -0.3 is 14.8 Å². The molecule has 176 valence electrons. The predicted octanol–water partition coefficient (Wildman–Crippen LogP) is 5.19. The first-order valence-electron chi connectivity index (χ1n) is 9.85. The molecule has 0 spiro atoms. The van der Waals surface area contributed by atoms with Crippen molar-refractivity contribution in [1.82, 2.24) is 5.01 Å². The minimum absolute atomic E-state index is 0.0674. The molecule has 2 aromatic carbocycles. The number of amides is 2. The number of benzene rings is 2. The van der Waals surface area contributed by atoms with Crippen molar-refractivity contribution >= 4 is 35.0 Å². The number of anilines is 1. The Balaban J connectivity index is 1.90. The molecule has 33 heavy (non-hydrogen) atoms. The summed E-state index contributed by atoms with van der Waals surface area (Å²) in [5.74, 6) is -1.01. The second-order valence-corrected chi connectivity index (χ2v) is 7.85. The van der Waals surface area contributed by atoms with Crippen molar-refractivity contribution in [1.29, 1.82) is 0 Å². The van der Waals surface area contributed by atoms with Crippen molar-refractivity contribution < 1.29 is 32.2 Å². The van der Waals surface area contributed by atoms with Crippen LogP contribution in [0.25, 0.3) is 0 Å². The molecule has 1 unspecified atom stereocenters. The summed E-state index contributed by atoms with van der Waals surface area (Å²) in [6.45, 7) is 3.28. The predicted molar refractivity (Wildman–Crippen MR) is 116 cm³/mol. The molecular formula is C22H21ClF3N3O4. The first kappa shape index (κ1) is 24.4. The van der Waals surface area contributed by atoms with E-state index in [-0.39, 0.29) is 18.8 Å². The average molecular weight is 484 g/mol. The van der Waals surface area contributed by atoms with Gasteiger partial charge in [-0.05, 0) is 43.7 Å². The van der Waals surface area contributed by atoms with Crippen LogP contribution in [-0.2, 0) is 15.7 Å². The van der Waals surface area contributed by atoms with Crippen molar-refractivity contribution in [3.63, 3.8) is 0 Å². The number of carbonyl (C=O) groups excluding carboxylic acids is 2. The van der Waals surface area contributed by atoms with Gasteiger partial charge in [0.25, 0.3) is 0 Å². The largest absolute Gasteiger partial charge is 0.496 e. The quantitative estimate of drug-likeness (QED) is 0.594. The Morgan fingerprint density at radius 2 is 1.88 bits per heavy atom. The molecule has 11 heteroatoms. The molecule has 0 radical (unpaired) electrons. The summed E-state index contributed by atoms with van der Waals surface area (Å²) >= 11 is 5.95. The van der Waals surface area contributed by atoms with Crippen LogP contribution in [-0.4, -0.2) is 43.0 Å². The Morgan fingerprint density at radius 3 is 2.45 bits per heavy atom. The lowest BCUT2D eigenvalue weighted by Gasteiger charge is -2.24. The third-order valence-corrected chi connectivity index (χ3v) is 5.30. The molecule has 1 N–H and O–H groups in total. The molecule has 1 aliphatic rings. The highest BCUT2D eigenvalue weighted by Gasteiger charge is 2.48. The van der Waals surface area contributed by atoms with Crippen LogP contribution in [0.15, 0.2) is 47.6 Å². The SMILES string of the molecule is CCOC(=O)C1(C)CN(C(=O)Nc2ccc(C(F)(F)F)c(OC)c2)N=C1c1ccc(Cl)cc1. The minimum atomic E-state index is -4.61. The topological polar surface area (TPSA) is 80.2 Å². The zero-order chi connectivity index (χ0) is 24.4. The van der Waals surface area contributed by atoms with Gasteiger partial charge in [0.05, 0.1) is 31.5 Å². The van der Waals surface area contributed by atoms with Crippen LogP contribution in [0, 0.1) is 5.41 Å². The van der Waals surface area contributed by atoms with Gasteiger partial charge in [-0.15, -0.1) is 0 Å². The van der Waals surface area contributed by atoms with Crippen molar-refractivity contribution in [3.8, 4) is 5.75 Å². The van der Waals surface area contributed by atoms with Gasteiger partial charge in [-0.3, -0.25) is 4.79 Å². The molecule has 1 heterocycles. The summed E-state index contributed by atoms with van der Waals surface area (Å²) in [5.41, 5.74) is -1.29. The zero-order valence-electron chi connectivity index (χ0n) is 18.0. The molecule has 3 rings (SSSR count). The van der Waals surface area contributed by atoms with E-state index < -0.39 is 34.9 Å². The summed E-state index contributed by atoms with van der Waals surface area (Å²) < 4.78 is 49.3. The number of hydrogen-bond acceptors (Lipinski definition) is 5. The standard InChI is InChI=1S/C22H21ClF3N3O4/c1-4-33-19(30)21(2)12-29(28-18(21)13-5-7-14(23)8-6-13)20(31)27-15-9-10-16(22(24,25)26)17(11-15)32-3/h5-11H,4,12H2,1-3H3,(H,27,31). The first-order chi connectivity index (χ1) is 15.5. The van der Waals surface area contributed by atoms with E-state index in [2.05, 4.69) is 10.4 Å². The highest BCUT2D eigenvalue weighted by molar-refractivity contribution is 6.30. The van der Waals surface area contributed by atoms with E-state index in [9.17, 15) is 22.8 Å². The summed E-state index contributed by atoms with van der Waals surface area (Å²) in [5, 5.41) is 8.33. The maximum atomic E-state index is 13.1. The van der Waals surface area contributed by atoms with Crippen molar-refractivity contribution in [2.24, 2.45) is 10.5 Å². The Bertz CT molecular complexity index is 1090. The summed E-state index contributed by atoms with van der Waals surface area (Å²) in [6, 6.07) is 8.82. The third-order valence-electron chi connectivity index (χ3n) is 5.05. The van der Waals surface area contributed by atoms with Crippen LogP contribution in [0.3, 0.4) is 0 Å². The third kappa shape index (κ3) is 5.05. The van der Waals surface area contributed by atoms with Crippen LogP contribution >= 0.6 is 11.6 Å². The number of alkyl halides is 3. The molecule has 1 atom stereocenters. The van der Waals surface area contributed by atoms with Crippen LogP contribution in [0.4, 0.5) is 23.7 Å². The Labute approximate surface area is 193 Å². The molecule has 1 aliphatic heterocycles. The fourth-order valence-electron chi connectivity index (χ4n) is 3.38. The number of rotatable bonds is 5. The fourth-order valence-corrected chi connectivity index (χ4v) is 3.51. The maximum Gasteiger partial charge on any atom is 0.419 e. The Hall–Kier alpha value is -3.27. The first-order valence-corrected chi connectivity index (χ1v) is 10.2. The number of ether oxygens (including phenoxy) is 2. The normalized spacial score (nSPS) is 18.0. The Morgan fingerprint density at radius 1 is 1.21 bits per heavy atom. The highest BCUT2D eigenvalue weighted by atomic mass is 35.5. The number of nitrogens with zero attached hydrogens (tertiary/aromatic N) is 2. The number of esters is 1. The van der Waals surface area contributed by atoms with E-state index in [0.717, 1.165) is 30.3 Å². The van der Waals surface area contributed by atoms with Crippen LogP contribution in [0.5, 0.6) is 5.75 Å². The van der Waals surface area contributed by atoms with E-state index >= 15 is 0 Å². The zero-order valence-corrected chi connectivity index (χ0v) is 18.8. The average Bonchev–Trinajstić information content (AvgIpc) is 3.12. The van der Waals surface area contributed by atoms with E-state index in [4.69, 9.17) is 21.1 Å². The van der Waals surface area contributed by atoms with Gasteiger partial charge in [-0.2, -0.15) is 18.3 Å². The van der Waals surface area contributed by atoms with Crippen molar-refractivity contribution in [2.75, 3.05) is 25.6 Å². The Kier molecular flexibility index (Phi) is 6.87. The molecule has 2 aromatic rings. The lowest BCUT2D eigenvalue weighted by atomic mass is 9.82. The van der Waals surface area contributed by atoms with Crippen molar-refractivity contribution in [2.45, 2.75) is 20.0 Å². The number of hydrazone groups is 1. The number of methoxy groups -OCH3 is 1. The molecule has 0 bridgehead atoms. The fraction of sp³-hybridized carbons (Fsp3) is 0.318. The van der Waals surface area contributed by atoms with Crippen LogP contribution in [0.2, 0.25) is 5.02 Å². The van der Waals surface area contributed by atoms with Gasteiger partial charge in [0.2, 0.25) is 0 Å². The second-order valence-electron chi connectivity index (χ2n) is 7.41. The number of halogens is 4. The number of urea groups is 1. The molecule has 0 aromatic heterocycles. The van der Waals surface area contributed by atoms with Gasteiger partial charge >= 0.3 is 18.2 Å². The molecule has 0 saturated heterocycles. The maximum absolute atomic E-state index is 13.1. The highest BCUT2D eigenvalue weighted by Crippen LogP contribution is 2.38. The molecule has 0 fully saturated rings. The monoisotopic (exact) mass is 483 g/mol. The number of carbonyl (C=O) groups is 2. The van der Waals surface area contributed by atoms with E-state index in [0.29, 0.717) is 16.3 Å². The van der Waals surface area contributed by atoms with Gasteiger partial charge in [-0.1, -0.05) is 23.7 Å². The number of hydrogen-bond donors (Lipinski definition) is 1. The summed E-state index contributed by atoms with van der Waals surface area (Å²) in [4.78, 5) is 25.6. The molecular weight excluding hydrogens is 463 g/mol. The molecule has 2 amide bonds. The van der Waals surface area contributed by atoms with Gasteiger partial charge in [0.1, 0.15) is 11.2 Å². The molecule has 0 aliphatic carbocycles. The van der Waals surface area contributed by atoms with Gasteiger partial charge in [0, 0.05) is 16.8 Å². The van der Waals surface area contributed by atoms with Crippen molar-refractivity contribution in [3.05, 3.63) is 58.6 Å². The van der Waals surface area contributed by atoms with E-state index in [1.54, 1.807) is 38.1 Å². The molecule has 7 nitrogen and oxygen atoms in total. The minimum Gasteiger partial charge on any atom is -0.496 e. The lowest BCUT2D eigenvalue weighted by Crippen LogP contribution is -2.42. The van der Waals surface area contributed by atoms with Gasteiger partial charge in [-0.25, -0.2) is 9.80 Å². The summed E-state index contributed by atoms with van der Waals surface area (Å²) in [6.07, 6.45) is -4.61. The number of nitrogens with one attached hydrogen (secondary N) is 1. The van der Waals surface area contributed by atoms with Crippen LogP contribution in [0.1, 0.15) is 25.0 Å². The smallest absolute Gasteiger partial charge is 0.419 e.